The number of piperidine rings is 1. The average molecular weight is 411 g/mol. The van der Waals surface area contributed by atoms with Gasteiger partial charge in [-0.3, -0.25) is 9.59 Å². The van der Waals surface area contributed by atoms with Gasteiger partial charge in [-0.05, 0) is 55.5 Å². The summed E-state index contributed by atoms with van der Waals surface area (Å²) in [5.74, 6) is 1.27. The molecular formula is C23H30N4O3. The molecule has 2 aliphatic rings. The van der Waals surface area contributed by atoms with E-state index in [1.165, 1.54) is 31.9 Å². The van der Waals surface area contributed by atoms with Crippen LogP contribution >= 0.6 is 0 Å². The topological polar surface area (TPSA) is 78.7 Å². The van der Waals surface area contributed by atoms with E-state index in [4.69, 9.17) is 4.42 Å². The standard InChI is InChI=1S/C23H30N4O3/c28-22(19-8-13-27(14-9-19)23(29)20-6-5-15-30-20)25-17-18-7-10-24-21(16-18)26-11-3-1-2-4-12-26/h5-7,10,15-16,19H,1-4,8-9,11-14,17H2,(H,25,28). The summed E-state index contributed by atoms with van der Waals surface area (Å²) in [7, 11) is 0. The highest BCUT2D eigenvalue weighted by Gasteiger charge is 2.28. The van der Waals surface area contributed by atoms with Gasteiger partial charge in [0.15, 0.2) is 5.76 Å². The summed E-state index contributed by atoms with van der Waals surface area (Å²) in [5, 5.41) is 3.08. The predicted octanol–water partition coefficient (Wildman–Crippen LogP) is 3.22. The Bertz CT molecular complexity index is 836. The Hall–Kier alpha value is -2.83. The van der Waals surface area contributed by atoms with Crippen molar-refractivity contribution >= 4 is 17.6 Å². The highest BCUT2D eigenvalue weighted by Crippen LogP contribution is 2.21. The minimum atomic E-state index is -0.100. The quantitative estimate of drug-likeness (QED) is 0.819. The van der Waals surface area contributed by atoms with Gasteiger partial charge in [-0.1, -0.05) is 12.8 Å². The van der Waals surface area contributed by atoms with E-state index in [1.54, 1.807) is 17.0 Å². The van der Waals surface area contributed by atoms with Crippen molar-refractivity contribution in [3.63, 3.8) is 0 Å². The number of furan rings is 1. The van der Waals surface area contributed by atoms with Gasteiger partial charge in [0.05, 0.1) is 6.26 Å². The number of rotatable bonds is 5. The molecule has 0 unspecified atom stereocenters. The summed E-state index contributed by atoms with van der Waals surface area (Å²) in [4.78, 5) is 33.7. The maximum absolute atomic E-state index is 12.6. The predicted molar refractivity (Wildman–Crippen MR) is 114 cm³/mol. The van der Waals surface area contributed by atoms with Gasteiger partial charge in [-0.15, -0.1) is 0 Å². The van der Waals surface area contributed by atoms with E-state index in [2.05, 4.69) is 21.3 Å². The number of carbonyl (C=O) groups is 2. The number of nitrogens with one attached hydrogen (secondary N) is 1. The first-order valence-electron chi connectivity index (χ1n) is 11.0. The zero-order chi connectivity index (χ0) is 20.8. The van der Waals surface area contributed by atoms with E-state index in [1.807, 2.05) is 12.3 Å². The van der Waals surface area contributed by atoms with Crippen LogP contribution in [0.25, 0.3) is 0 Å². The van der Waals surface area contributed by atoms with Crippen molar-refractivity contribution < 1.29 is 14.0 Å². The van der Waals surface area contributed by atoms with Crippen LogP contribution < -0.4 is 10.2 Å². The molecule has 0 saturated carbocycles. The lowest BCUT2D eigenvalue weighted by molar-refractivity contribution is -0.126. The number of pyridine rings is 1. The summed E-state index contributed by atoms with van der Waals surface area (Å²) < 4.78 is 5.19. The number of amides is 2. The molecule has 4 rings (SSSR count). The average Bonchev–Trinajstić information content (AvgIpc) is 3.19. The number of aromatic nitrogens is 1. The lowest BCUT2D eigenvalue weighted by Gasteiger charge is -2.30. The first-order chi connectivity index (χ1) is 14.7. The number of carbonyl (C=O) groups excluding carboxylic acids is 2. The van der Waals surface area contributed by atoms with Crippen LogP contribution in [0, 0.1) is 5.92 Å². The molecule has 160 valence electrons. The molecular weight excluding hydrogens is 380 g/mol. The molecule has 0 radical (unpaired) electrons. The van der Waals surface area contributed by atoms with Crippen LogP contribution in [-0.4, -0.2) is 47.9 Å². The third-order valence-electron chi connectivity index (χ3n) is 6.09. The van der Waals surface area contributed by atoms with Crippen molar-refractivity contribution in [2.45, 2.75) is 45.1 Å². The number of hydrogen-bond donors (Lipinski definition) is 1. The molecule has 30 heavy (non-hydrogen) atoms. The molecule has 2 aromatic rings. The van der Waals surface area contributed by atoms with Gasteiger partial charge in [0.25, 0.3) is 5.91 Å². The molecule has 2 fully saturated rings. The van der Waals surface area contributed by atoms with E-state index in [-0.39, 0.29) is 17.7 Å². The Morgan fingerprint density at radius 3 is 2.53 bits per heavy atom. The minimum Gasteiger partial charge on any atom is -0.459 e. The number of hydrogen-bond acceptors (Lipinski definition) is 5. The molecule has 0 aromatic carbocycles. The third kappa shape index (κ3) is 5.01. The monoisotopic (exact) mass is 410 g/mol. The minimum absolute atomic E-state index is 0.0578. The second kappa shape index (κ2) is 9.78. The fourth-order valence-corrected chi connectivity index (χ4v) is 4.28. The summed E-state index contributed by atoms with van der Waals surface area (Å²) in [6.45, 7) is 3.77. The summed E-state index contributed by atoms with van der Waals surface area (Å²) in [6.07, 6.45) is 9.69. The van der Waals surface area contributed by atoms with E-state index >= 15 is 0 Å². The van der Waals surface area contributed by atoms with Crippen molar-refractivity contribution in [2.24, 2.45) is 5.92 Å². The molecule has 7 nitrogen and oxygen atoms in total. The van der Waals surface area contributed by atoms with Crippen LogP contribution in [0.1, 0.15) is 54.6 Å². The molecule has 2 aliphatic heterocycles. The Morgan fingerprint density at radius 1 is 1.07 bits per heavy atom. The highest BCUT2D eigenvalue weighted by atomic mass is 16.3. The van der Waals surface area contributed by atoms with Crippen LogP contribution in [0.3, 0.4) is 0 Å². The van der Waals surface area contributed by atoms with Crippen LogP contribution in [0.2, 0.25) is 0 Å². The van der Waals surface area contributed by atoms with Crippen LogP contribution in [0.5, 0.6) is 0 Å². The molecule has 2 amide bonds. The lowest BCUT2D eigenvalue weighted by atomic mass is 9.95. The fraction of sp³-hybridized carbons (Fsp3) is 0.522. The number of likely N-dealkylation sites (tertiary alicyclic amines) is 1. The Labute approximate surface area is 177 Å². The molecule has 1 N–H and O–H groups in total. The Kier molecular flexibility index (Phi) is 6.67. The first kappa shape index (κ1) is 20.4. The fourth-order valence-electron chi connectivity index (χ4n) is 4.28. The molecule has 0 atom stereocenters. The van der Waals surface area contributed by atoms with Crippen molar-refractivity contribution in [3.8, 4) is 0 Å². The van der Waals surface area contributed by atoms with Gasteiger partial charge < -0.3 is 19.5 Å². The number of nitrogens with zero attached hydrogens (tertiary/aromatic N) is 3. The van der Waals surface area contributed by atoms with E-state index < -0.39 is 0 Å². The van der Waals surface area contributed by atoms with Gasteiger partial charge in [-0.2, -0.15) is 0 Å². The van der Waals surface area contributed by atoms with Crippen molar-refractivity contribution in [1.82, 2.24) is 15.2 Å². The SMILES string of the molecule is O=C(NCc1ccnc(N2CCCCCC2)c1)C1CCN(C(=O)c2ccco2)CC1. The molecule has 7 heteroatoms. The molecule has 0 bridgehead atoms. The second-order valence-electron chi connectivity index (χ2n) is 8.19. The van der Waals surface area contributed by atoms with E-state index in [0.717, 1.165) is 24.5 Å². The Balaban J connectivity index is 1.26. The summed E-state index contributed by atoms with van der Waals surface area (Å²) in [6, 6.07) is 7.45. The van der Waals surface area contributed by atoms with Gasteiger partial charge in [0, 0.05) is 44.8 Å². The van der Waals surface area contributed by atoms with Gasteiger partial charge >= 0.3 is 0 Å². The highest BCUT2D eigenvalue weighted by molar-refractivity contribution is 5.91. The maximum Gasteiger partial charge on any atom is 0.289 e. The molecule has 0 spiro atoms. The molecule has 2 aromatic heterocycles. The second-order valence-corrected chi connectivity index (χ2v) is 8.19. The zero-order valence-corrected chi connectivity index (χ0v) is 17.4. The molecule has 4 heterocycles. The van der Waals surface area contributed by atoms with Crippen molar-refractivity contribution in [2.75, 3.05) is 31.1 Å². The number of anilines is 1. The van der Waals surface area contributed by atoms with Crippen LogP contribution in [0.4, 0.5) is 5.82 Å². The smallest absolute Gasteiger partial charge is 0.289 e. The van der Waals surface area contributed by atoms with Gasteiger partial charge in [0.1, 0.15) is 5.82 Å². The van der Waals surface area contributed by atoms with Crippen molar-refractivity contribution in [3.05, 3.63) is 48.0 Å². The Morgan fingerprint density at radius 2 is 1.83 bits per heavy atom. The van der Waals surface area contributed by atoms with E-state index in [9.17, 15) is 9.59 Å². The maximum atomic E-state index is 12.6. The summed E-state index contributed by atoms with van der Waals surface area (Å²) in [5.41, 5.74) is 1.07. The molecule has 0 aliphatic carbocycles. The third-order valence-corrected chi connectivity index (χ3v) is 6.09. The zero-order valence-electron chi connectivity index (χ0n) is 17.4. The molecule has 2 saturated heterocycles. The normalized spacial score (nSPS) is 18.1. The van der Waals surface area contributed by atoms with Gasteiger partial charge in [0.2, 0.25) is 5.91 Å². The van der Waals surface area contributed by atoms with Crippen LogP contribution in [-0.2, 0) is 11.3 Å². The van der Waals surface area contributed by atoms with Crippen molar-refractivity contribution in [1.29, 1.82) is 0 Å². The van der Waals surface area contributed by atoms with E-state index in [0.29, 0.717) is 38.2 Å². The van der Waals surface area contributed by atoms with Crippen LogP contribution in [0.15, 0.2) is 41.1 Å². The first-order valence-corrected chi connectivity index (χ1v) is 11.0. The lowest BCUT2D eigenvalue weighted by Crippen LogP contribution is -2.42. The summed E-state index contributed by atoms with van der Waals surface area (Å²) >= 11 is 0. The largest absolute Gasteiger partial charge is 0.459 e. The van der Waals surface area contributed by atoms with Gasteiger partial charge in [-0.25, -0.2) is 4.98 Å².